The van der Waals surface area contributed by atoms with Crippen LogP contribution in [0, 0.1) is 3.57 Å². The molecule has 2 aromatic rings. The minimum Gasteiger partial charge on any atom is -0.496 e. The van der Waals surface area contributed by atoms with Crippen LogP contribution in [0.3, 0.4) is 0 Å². The molecule has 0 aliphatic rings. The number of hydrogen-bond acceptors (Lipinski definition) is 3. The van der Waals surface area contributed by atoms with E-state index in [1.807, 2.05) is 0 Å². The molecule has 1 aromatic carbocycles. The van der Waals surface area contributed by atoms with Crippen molar-refractivity contribution in [3.63, 3.8) is 0 Å². The maximum absolute atomic E-state index is 12.1. The predicted octanol–water partition coefficient (Wildman–Crippen LogP) is 2.93. The Kier molecular flexibility index (Phi) is 4.07. The zero-order valence-corrected chi connectivity index (χ0v) is 12.2. The van der Waals surface area contributed by atoms with Gasteiger partial charge in [0.25, 0.3) is 5.91 Å². The molecule has 1 heterocycles. The monoisotopic (exact) mass is 377 g/mol. The second kappa shape index (κ2) is 5.57. The van der Waals surface area contributed by atoms with Crippen molar-refractivity contribution < 1.29 is 9.53 Å². The fourth-order valence-corrected chi connectivity index (χ4v) is 1.99. The molecular weight excluding hydrogens is 368 g/mol. The standard InChI is InChI=1S/C11H9ClIN3O2/c1-18-10-3-9(13)8(12)2-7(10)11(17)16-6-4-14-15-5-6/h2-5H,1H3,(H,14,15)(H,16,17). The Morgan fingerprint density at radius 3 is 2.94 bits per heavy atom. The van der Waals surface area contributed by atoms with Gasteiger partial charge in [0.1, 0.15) is 5.75 Å². The number of nitrogens with one attached hydrogen (secondary N) is 2. The van der Waals surface area contributed by atoms with E-state index in [0.29, 0.717) is 22.0 Å². The molecule has 0 radical (unpaired) electrons. The lowest BCUT2D eigenvalue weighted by atomic mass is 10.2. The number of halogens is 2. The van der Waals surface area contributed by atoms with Crippen LogP contribution in [0.25, 0.3) is 0 Å². The first-order chi connectivity index (χ1) is 8.61. The molecule has 1 aromatic heterocycles. The molecule has 0 saturated heterocycles. The normalized spacial score (nSPS) is 10.2. The van der Waals surface area contributed by atoms with Crippen LogP contribution in [0.5, 0.6) is 5.75 Å². The second-order valence-corrected chi connectivity index (χ2v) is 4.98. The number of rotatable bonds is 3. The molecule has 1 amide bonds. The Hall–Kier alpha value is -1.28. The SMILES string of the molecule is COc1cc(I)c(Cl)cc1C(=O)Nc1cn[nH]c1. The van der Waals surface area contributed by atoms with E-state index >= 15 is 0 Å². The molecule has 94 valence electrons. The highest BCUT2D eigenvalue weighted by Gasteiger charge is 2.15. The maximum atomic E-state index is 12.1. The summed E-state index contributed by atoms with van der Waals surface area (Å²) in [6.45, 7) is 0. The Morgan fingerprint density at radius 1 is 1.56 bits per heavy atom. The third-order valence-corrected chi connectivity index (χ3v) is 3.77. The van der Waals surface area contributed by atoms with Gasteiger partial charge in [0.05, 0.1) is 29.6 Å². The lowest BCUT2D eigenvalue weighted by Gasteiger charge is -2.09. The highest BCUT2D eigenvalue weighted by Crippen LogP contribution is 2.28. The van der Waals surface area contributed by atoms with E-state index in [9.17, 15) is 4.79 Å². The quantitative estimate of drug-likeness (QED) is 0.808. The predicted molar refractivity (Wildman–Crippen MR) is 77.3 cm³/mol. The molecular formula is C11H9ClIN3O2. The number of anilines is 1. The summed E-state index contributed by atoms with van der Waals surface area (Å²) in [6.07, 6.45) is 3.09. The lowest BCUT2D eigenvalue weighted by molar-refractivity contribution is 0.102. The molecule has 7 heteroatoms. The van der Waals surface area contributed by atoms with Gasteiger partial charge in [-0.1, -0.05) is 11.6 Å². The summed E-state index contributed by atoms with van der Waals surface area (Å²) < 4.78 is 6.00. The van der Waals surface area contributed by atoms with E-state index < -0.39 is 0 Å². The van der Waals surface area contributed by atoms with E-state index in [0.717, 1.165) is 3.57 Å². The van der Waals surface area contributed by atoms with Crippen molar-refractivity contribution in [1.82, 2.24) is 10.2 Å². The van der Waals surface area contributed by atoms with Crippen LogP contribution in [0.1, 0.15) is 10.4 Å². The van der Waals surface area contributed by atoms with Gasteiger partial charge in [0, 0.05) is 9.77 Å². The van der Waals surface area contributed by atoms with Crippen molar-refractivity contribution in [3.8, 4) is 5.75 Å². The number of aromatic amines is 1. The van der Waals surface area contributed by atoms with Gasteiger partial charge >= 0.3 is 0 Å². The Morgan fingerprint density at radius 2 is 2.33 bits per heavy atom. The Bertz CT molecular complexity index is 572. The van der Waals surface area contributed by atoms with Gasteiger partial charge in [-0.3, -0.25) is 9.89 Å². The van der Waals surface area contributed by atoms with Crippen LogP contribution in [0.2, 0.25) is 5.02 Å². The van der Waals surface area contributed by atoms with Gasteiger partial charge in [-0.15, -0.1) is 0 Å². The molecule has 0 spiro atoms. The molecule has 2 N–H and O–H groups in total. The van der Waals surface area contributed by atoms with Gasteiger partial charge < -0.3 is 10.1 Å². The first-order valence-electron chi connectivity index (χ1n) is 4.95. The highest BCUT2D eigenvalue weighted by atomic mass is 127. The van der Waals surface area contributed by atoms with E-state index in [1.165, 1.54) is 13.3 Å². The van der Waals surface area contributed by atoms with Crippen molar-refractivity contribution in [1.29, 1.82) is 0 Å². The molecule has 0 saturated carbocycles. The van der Waals surface area contributed by atoms with Crippen LogP contribution >= 0.6 is 34.2 Å². The number of nitrogens with zero attached hydrogens (tertiary/aromatic N) is 1. The largest absolute Gasteiger partial charge is 0.496 e. The molecule has 0 fully saturated rings. The number of methoxy groups -OCH3 is 1. The van der Waals surface area contributed by atoms with E-state index in [-0.39, 0.29) is 5.91 Å². The fraction of sp³-hybridized carbons (Fsp3) is 0.0909. The summed E-state index contributed by atoms with van der Waals surface area (Å²) in [5.41, 5.74) is 0.959. The highest BCUT2D eigenvalue weighted by molar-refractivity contribution is 14.1. The number of H-pyrrole nitrogens is 1. The molecule has 0 atom stereocenters. The lowest BCUT2D eigenvalue weighted by Crippen LogP contribution is -2.13. The maximum Gasteiger partial charge on any atom is 0.259 e. The summed E-state index contributed by atoms with van der Waals surface area (Å²) in [4.78, 5) is 12.1. The summed E-state index contributed by atoms with van der Waals surface area (Å²) in [7, 11) is 1.51. The van der Waals surface area contributed by atoms with Crippen LogP contribution < -0.4 is 10.1 Å². The van der Waals surface area contributed by atoms with Crippen LogP contribution in [0.4, 0.5) is 5.69 Å². The summed E-state index contributed by atoms with van der Waals surface area (Å²) in [6, 6.07) is 3.30. The third-order valence-electron chi connectivity index (χ3n) is 2.24. The van der Waals surface area contributed by atoms with Crippen molar-refractivity contribution >= 4 is 45.8 Å². The van der Waals surface area contributed by atoms with Crippen LogP contribution in [0.15, 0.2) is 24.5 Å². The first-order valence-corrected chi connectivity index (χ1v) is 6.40. The Balaban J connectivity index is 2.32. The van der Waals surface area contributed by atoms with Gasteiger partial charge in [-0.05, 0) is 34.7 Å². The summed E-state index contributed by atoms with van der Waals surface area (Å²) in [5, 5.41) is 9.55. The number of benzene rings is 1. The summed E-state index contributed by atoms with van der Waals surface area (Å²) in [5.74, 6) is 0.177. The number of aromatic nitrogens is 2. The van der Waals surface area contributed by atoms with Crippen molar-refractivity contribution in [2.45, 2.75) is 0 Å². The minimum atomic E-state index is -0.299. The molecule has 0 aliphatic carbocycles. The second-order valence-electron chi connectivity index (χ2n) is 3.41. The number of amides is 1. The van der Waals surface area contributed by atoms with Crippen LogP contribution in [-0.4, -0.2) is 23.2 Å². The molecule has 18 heavy (non-hydrogen) atoms. The minimum absolute atomic E-state index is 0.299. The van der Waals surface area contributed by atoms with E-state index in [4.69, 9.17) is 16.3 Å². The number of ether oxygens (including phenoxy) is 1. The molecule has 0 unspecified atom stereocenters. The Labute approximate surface area is 122 Å². The summed E-state index contributed by atoms with van der Waals surface area (Å²) >= 11 is 8.08. The zero-order chi connectivity index (χ0) is 13.1. The van der Waals surface area contributed by atoms with Crippen molar-refractivity contribution in [3.05, 3.63) is 38.7 Å². The average Bonchev–Trinajstić information content (AvgIpc) is 2.84. The average molecular weight is 378 g/mol. The van der Waals surface area contributed by atoms with Crippen molar-refractivity contribution in [2.75, 3.05) is 12.4 Å². The number of carbonyl (C=O) groups is 1. The smallest absolute Gasteiger partial charge is 0.259 e. The van der Waals surface area contributed by atoms with E-state index in [2.05, 4.69) is 38.1 Å². The van der Waals surface area contributed by atoms with Crippen molar-refractivity contribution in [2.24, 2.45) is 0 Å². The topological polar surface area (TPSA) is 67.0 Å². The van der Waals surface area contributed by atoms with Gasteiger partial charge in [-0.2, -0.15) is 5.10 Å². The third kappa shape index (κ3) is 2.75. The van der Waals surface area contributed by atoms with E-state index in [1.54, 1.807) is 18.3 Å². The van der Waals surface area contributed by atoms with Gasteiger partial charge in [0.2, 0.25) is 0 Å². The molecule has 0 bridgehead atoms. The van der Waals surface area contributed by atoms with Gasteiger partial charge in [-0.25, -0.2) is 0 Å². The molecule has 2 rings (SSSR count). The fourth-order valence-electron chi connectivity index (χ4n) is 1.39. The number of carbonyl (C=O) groups excluding carboxylic acids is 1. The zero-order valence-electron chi connectivity index (χ0n) is 9.33. The van der Waals surface area contributed by atoms with Gasteiger partial charge in [0.15, 0.2) is 0 Å². The number of hydrogen-bond donors (Lipinski definition) is 2. The molecule has 0 aliphatic heterocycles. The first kappa shape index (κ1) is 13.2. The van der Waals surface area contributed by atoms with Crippen LogP contribution in [-0.2, 0) is 0 Å². The molecule has 5 nitrogen and oxygen atoms in total.